The van der Waals surface area contributed by atoms with Crippen molar-refractivity contribution < 1.29 is 9.53 Å². The van der Waals surface area contributed by atoms with Crippen LogP contribution in [0.5, 0.6) is 0 Å². The summed E-state index contributed by atoms with van der Waals surface area (Å²) in [6.07, 6.45) is 1.97. The van der Waals surface area contributed by atoms with Gasteiger partial charge in [0.15, 0.2) is 0 Å². The molecule has 0 radical (unpaired) electrons. The Labute approximate surface area is 99.8 Å². The van der Waals surface area contributed by atoms with Crippen molar-refractivity contribution in [3.05, 3.63) is 16.1 Å². The third kappa shape index (κ3) is 4.28. The topological polar surface area (TPSA) is 65.2 Å². The van der Waals surface area contributed by atoms with Gasteiger partial charge in [0.25, 0.3) is 0 Å². The van der Waals surface area contributed by atoms with Gasteiger partial charge in [0.05, 0.1) is 23.7 Å². The van der Waals surface area contributed by atoms with Crippen molar-refractivity contribution in [2.75, 3.05) is 6.61 Å². The highest BCUT2D eigenvalue weighted by Crippen LogP contribution is 2.13. The minimum Gasteiger partial charge on any atom is -0.466 e. The minimum atomic E-state index is -0.223. The van der Waals surface area contributed by atoms with Crippen LogP contribution in [0.25, 0.3) is 0 Å². The molecule has 0 fully saturated rings. The fraction of sp³-hybridized carbons (Fsp3) is 0.636. The van der Waals surface area contributed by atoms with E-state index in [1.807, 2.05) is 5.38 Å². The first-order chi connectivity index (χ1) is 7.65. The van der Waals surface area contributed by atoms with Gasteiger partial charge in [-0.05, 0) is 13.3 Å². The van der Waals surface area contributed by atoms with E-state index in [0.717, 1.165) is 23.5 Å². The normalized spacial score (nSPS) is 12.4. The maximum absolute atomic E-state index is 11.2. The molecule has 90 valence electrons. The van der Waals surface area contributed by atoms with E-state index in [2.05, 4.69) is 11.9 Å². The number of rotatable bonds is 6. The van der Waals surface area contributed by atoms with Crippen molar-refractivity contribution >= 4 is 17.3 Å². The second-order valence-electron chi connectivity index (χ2n) is 3.59. The third-order valence-corrected chi connectivity index (χ3v) is 3.11. The Hall–Kier alpha value is -0.940. The number of carbonyl (C=O) groups is 1. The first-order valence-electron chi connectivity index (χ1n) is 5.50. The maximum atomic E-state index is 11.2. The maximum Gasteiger partial charge on any atom is 0.311 e. The fourth-order valence-corrected chi connectivity index (χ4v) is 2.14. The molecule has 1 aromatic rings. The highest BCUT2D eigenvalue weighted by atomic mass is 32.1. The molecule has 0 amide bonds. The van der Waals surface area contributed by atoms with Gasteiger partial charge < -0.3 is 10.5 Å². The quantitative estimate of drug-likeness (QED) is 0.768. The molecule has 1 aromatic heterocycles. The van der Waals surface area contributed by atoms with Gasteiger partial charge in [-0.15, -0.1) is 11.3 Å². The molecule has 1 rings (SSSR count). The Morgan fingerprint density at radius 3 is 3.00 bits per heavy atom. The summed E-state index contributed by atoms with van der Waals surface area (Å²) < 4.78 is 4.86. The molecular weight excluding hydrogens is 224 g/mol. The van der Waals surface area contributed by atoms with Gasteiger partial charge >= 0.3 is 5.97 Å². The minimum absolute atomic E-state index is 0.154. The summed E-state index contributed by atoms with van der Waals surface area (Å²) in [6, 6.07) is 0.154. The molecule has 1 unspecified atom stereocenters. The SMILES string of the molecule is CCOC(=O)Cc1csc(CC(N)CC)n1. The highest BCUT2D eigenvalue weighted by molar-refractivity contribution is 7.09. The first kappa shape index (κ1) is 13.1. The number of hydrogen-bond donors (Lipinski definition) is 1. The summed E-state index contributed by atoms with van der Waals surface area (Å²) in [5, 5.41) is 2.89. The van der Waals surface area contributed by atoms with Crippen LogP contribution in [0.4, 0.5) is 0 Å². The lowest BCUT2D eigenvalue weighted by Crippen LogP contribution is -2.21. The van der Waals surface area contributed by atoms with E-state index in [0.29, 0.717) is 6.61 Å². The molecule has 0 aromatic carbocycles. The lowest BCUT2D eigenvalue weighted by molar-refractivity contribution is -0.142. The predicted molar refractivity (Wildman–Crippen MR) is 64.4 cm³/mol. The predicted octanol–water partition coefficient (Wildman–Crippen LogP) is 1.53. The second-order valence-corrected chi connectivity index (χ2v) is 4.53. The summed E-state index contributed by atoms with van der Waals surface area (Å²) in [5.41, 5.74) is 6.62. The van der Waals surface area contributed by atoms with Gasteiger partial charge in [0.1, 0.15) is 0 Å². The zero-order valence-electron chi connectivity index (χ0n) is 9.73. The largest absolute Gasteiger partial charge is 0.466 e. The van der Waals surface area contributed by atoms with Gasteiger partial charge in [-0.2, -0.15) is 0 Å². The van der Waals surface area contributed by atoms with Gasteiger partial charge in [0, 0.05) is 17.8 Å². The highest BCUT2D eigenvalue weighted by Gasteiger charge is 2.10. The van der Waals surface area contributed by atoms with Crippen molar-refractivity contribution in [1.29, 1.82) is 0 Å². The van der Waals surface area contributed by atoms with Crippen molar-refractivity contribution in [2.24, 2.45) is 5.73 Å². The molecule has 1 atom stereocenters. The van der Waals surface area contributed by atoms with E-state index in [1.54, 1.807) is 18.3 Å². The molecular formula is C11H18N2O2S. The summed E-state index contributed by atoms with van der Waals surface area (Å²) in [6.45, 7) is 4.26. The summed E-state index contributed by atoms with van der Waals surface area (Å²) >= 11 is 1.55. The van der Waals surface area contributed by atoms with Crippen molar-refractivity contribution in [3.63, 3.8) is 0 Å². The molecule has 2 N–H and O–H groups in total. The van der Waals surface area contributed by atoms with Crippen LogP contribution in [-0.4, -0.2) is 23.6 Å². The van der Waals surface area contributed by atoms with E-state index in [-0.39, 0.29) is 18.4 Å². The Morgan fingerprint density at radius 1 is 1.62 bits per heavy atom. The lowest BCUT2D eigenvalue weighted by atomic mass is 10.2. The molecule has 1 heterocycles. The number of ether oxygens (including phenoxy) is 1. The van der Waals surface area contributed by atoms with Crippen LogP contribution in [0.15, 0.2) is 5.38 Å². The van der Waals surface area contributed by atoms with Crippen LogP contribution in [-0.2, 0) is 22.4 Å². The average molecular weight is 242 g/mol. The van der Waals surface area contributed by atoms with E-state index in [4.69, 9.17) is 10.5 Å². The smallest absolute Gasteiger partial charge is 0.311 e. The Bertz CT molecular complexity index is 338. The summed E-state index contributed by atoms with van der Waals surface area (Å²) in [7, 11) is 0. The number of hydrogen-bond acceptors (Lipinski definition) is 5. The second kappa shape index (κ2) is 6.60. The Kier molecular flexibility index (Phi) is 5.42. The molecule has 5 heteroatoms. The van der Waals surface area contributed by atoms with Gasteiger partial charge in [-0.25, -0.2) is 4.98 Å². The molecule has 4 nitrogen and oxygen atoms in total. The van der Waals surface area contributed by atoms with Crippen LogP contribution in [0.3, 0.4) is 0 Å². The molecule has 0 aliphatic carbocycles. The van der Waals surface area contributed by atoms with E-state index in [1.165, 1.54) is 0 Å². The van der Waals surface area contributed by atoms with Crippen molar-refractivity contribution in [1.82, 2.24) is 4.98 Å². The van der Waals surface area contributed by atoms with E-state index < -0.39 is 0 Å². The molecule has 0 saturated carbocycles. The molecule has 0 saturated heterocycles. The number of aromatic nitrogens is 1. The van der Waals surface area contributed by atoms with Crippen LogP contribution >= 0.6 is 11.3 Å². The number of carbonyl (C=O) groups excluding carboxylic acids is 1. The summed E-state index contributed by atoms with van der Waals surface area (Å²) in [5.74, 6) is -0.223. The zero-order chi connectivity index (χ0) is 12.0. The fourth-order valence-electron chi connectivity index (χ4n) is 1.25. The van der Waals surface area contributed by atoms with Crippen molar-refractivity contribution in [3.8, 4) is 0 Å². The molecule has 0 bridgehead atoms. The Morgan fingerprint density at radius 2 is 2.38 bits per heavy atom. The molecule has 16 heavy (non-hydrogen) atoms. The zero-order valence-corrected chi connectivity index (χ0v) is 10.5. The molecule has 0 spiro atoms. The third-order valence-electron chi connectivity index (χ3n) is 2.19. The number of thiazole rings is 1. The summed E-state index contributed by atoms with van der Waals surface area (Å²) in [4.78, 5) is 15.6. The van der Waals surface area contributed by atoms with Crippen LogP contribution in [0.2, 0.25) is 0 Å². The Balaban J connectivity index is 2.48. The lowest BCUT2D eigenvalue weighted by Gasteiger charge is -2.04. The molecule has 0 aliphatic rings. The van der Waals surface area contributed by atoms with Crippen LogP contribution in [0.1, 0.15) is 31.0 Å². The van der Waals surface area contributed by atoms with Crippen molar-refractivity contribution in [2.45, 2.75) is 39.2 Å². The molecule has 0 aliphatic heterocycles. The van der Waals surface area contributed by atoms with Gasteiger partial charge in [0.2, 0.25) is 0 Å². The number of nitrogens with two attached hydrogens (primary N) is 1. The first-order valence-corrected chi connectivity index (χ1v) is 6.38. The van der Waals surface area contributed by atoms with Gasteiger partial charge in [-0.3, -0.25) is 4.79 Å². The van der Waals surface area contributed by atoms with E-state index >= 15 is 0 Å². The van der Waals surface area contributed by atoms with Crippen LogP contribution < -0.4 is 5.73 Å². The number of esters is 1. The van der Waals surface area contributed by atoms with E-state index in [9.17, 15) is 4.79 Å². The number of nitrogens with zero attached hydrogens (tertiary/aromatic N) is 1. The van der Waals surface area contributed by atoms with Gasteiger partial charge in [-0.1, -0.05) is 6.92 Å². The monoisotopic (exact) mass is 242 g/mol. The van der Waals surface area contributed by atoms with Crippen LogP contribution in [0, 0.1) is 0 Å². The standard InChI is InChI=1S/C11H18N2O2S/c1-3-8(12)5-10-13-9(7-16-10)6-11(14)15-4-2/h7-8H,3-6,12H2,1-2H3. The average Bonchev–Trinajstić information content (AvgIpc) is 2.65.